The molecule has 218 valence electrons. The molecule has 0 aromatic heterocycles. The summed E-state index contributed by atoms with van der Waals surface area (Å²) in [5, 5.41) is 5.37. The fourth-order valence-corrected chi connectivity index (χ4v) is 16.8. The second-order valence-electron chi connectivity index (χ2n) is 12.4. The predicted molar refractivity (Wildman–Crippen MR) is 191 cm³/mol. The van der Waals surface area contributed by atoms with Crippen molar-refractivity contribution < 1.29 is 9.13 Å². The van der Waals surface area contributed by atoms with E-state index in [1.54, 1.807) is 23.5 Å². The van der Waals surface area contributed by atoms with Crippen LogP contribution >= 0.6 is 37.8 Å². The highest BCUT2D eigenvalue weighted by Crippen LogP contribution is 2.56. The van der Waals surface area contributed by atoms with Gasteiger partial charge in [0.2, 0.25) is 0 Å². The lowest BCUT2D eigenvalue weighted by Gasteiger charge is -2.30. The zero-order valence-corrected chi connectivity index (χ0v) is 28.2. The second kappa shape index (κ2) is 9.74. The highest BCUT2D eigenvalue weighted by atomic mass is 32.2. The van der Waals surface area contributed by atoms with Crippen molar-refractivity contribution in [1.82, 2.24) is 0 Å². The molecular weight excluding hydrogens is 627 g/mol. The molecule has 0 N–H and O–H groups in total. The Labute approximate surface area is 272 Å². The number of fused-ring (bicyclic) bond motifs is 7. The molecule has 6 heteroatoms. The lowest BCUT2D eigenvalue weighted by atomic mass is 9.82. The van der Waals surface area contributed by atoms with Gasteiger partial charge in [-0.3, -0.25) is 0 Å². The van der Waals surface area contributed by atoms with Crippen LogP contribution in [0.4, 0.5) is 0 Å². The van der Waals surface area contributed by atoms with E-state index >= 15 is 9.13 Å². The van der Waals surface area contributed by atoms with Gasteiger partial charge in [0.05, 0.1) is 0 Å². The Bertz CT molecular complexity index is 2080. The monoisotopic (exact) mass is 654 g/mol. The van der Waals surface area contributed by atoms with Gasteiger partial charge in [-0.15, -0.1) is 0 Å². The minimum atomic E-state index is -3.11. The Balaban J connectivity index is 1.22. The van der Waals surface area contributed by atoms with Crippen LogP contribution in [0.25, 0.3) is 11.1 Å². The smallest absolute Gasteiger partial charge is 0.173 e. The van der Waals surface area contributed by atoms with Crippen LogP contribution in [0.2, 0.25) is 0 Å². The van der Waals surface area contributed by atoms with Crippen LogP contribution in [-0.2, 0) is 14.5 Å². The molecule has 2 nitrogen and oxygen atoms in total. The zero-order valence-electron chi connectivity index (χ0n) is 24.7. The van der Waals surface area contributed by atoms with Gasteiger partial charge in [0.25, 0.3) is 0 Å². The van der Waals surface area contributed by atoms with Crippen LogP contribution in [0.1, 0.15) is 25.0 Å². The van der Waals surface area contributed by atoms with E-state index < -0.39 is 14.3 Å². The lowest BCUT2D eigenvalue weighted by Crippen LogP contribution is -2.31. The van der Waals surface area contributed by atoms with Gasteiger partial charge in [-0.25, -0.2) is 0 Å². The van der Waals surface area contributed by atoms with Gasteiger partial charge in [0, 0.05) is 56.8 Å². The quantitative estimate of drug-likeness (QED) is 0.176. The number of benzene rings is 6. The Morgan fingerprint density at radius 3 is 1.09 bits per heavy atom. The average molecular weight is 655 g/mol. The maximum absolute atomic E-state index is 15.4. The first-order valence-electron chi connectivity index (χ1n) is 15.1. The summed E-state index contributed by atoms with van der Waals surface area (Å²) in [7, 11) is -6.23. The molecule has 9 rings (SSSR count). The summed E-state index contributed by atoms with van der Waals surface area (Å²) in [6, 6.07) is 45.4. The molecule has 0 radical (unpaired) electrons. The van der Waals surface area contributed by atoms with Gasteiger partial charge in [0.1, 0.15) is 0 Å². The van der Waals surface area contributed by atoms with Gasteiger partial charge < -0.3 is 9.13 Å². The van der Waals surface area contributed by atoms with E-state index in [0.717, 1.165) is 73.7 Å². The Hall–Kier alpha value is -3.52. The van der Waals surface area contributed by atoms with Crippen molar-refractivity contribution in [3.63, 3.8) is 0 Å². The summed E-state index contributed by atoms with van der Waals surface area (Å²) < 4.78 is 30.9. The summed E-state index contributed by atoms with van der Waals surface area (Å²) in [6.45, 7) is 4.49. The molecule has 0 fully saturated rings. The van der Waals surface area contributed by atoms with E-state index in [-0.39, 0.29) is 5.41 Å². The summed E-state index contributed by atoms with van der Waals surface area (Å²) >= 11 is 3.40. The fraction of sp³-hybridized carbons (Fsp3) is 0.0769. The molecule has 3 aliphatic rings. The Kier molecular flexibility index (Phi) is 6.01. The Morgan fingerprint density at radius 2 is 0.756 bits per heavy atom. The van der Waals surface area contributed by atoms with Crippen LogP contribution < -0.4 is 31.8 Å². The minimum Gasteiger partial charge on any atom is -0.309 e. The molecule has 1 aliphatic carbocycles. The number of rotatable bonds is 2. The molecule has 45 heavy (non-hydrogen) atoms. The number of hydrogen-bond donors (Lipinski definition) is 0. The third kappa shape index (κ3) is 3.75. The van der Waals surface area contributed by atoms with Crippen molar-refractivity contribution in [2.45, 2.75) is 38.8 Å². The predicted octanol–water partition coefficient (Wildman–Crippen LogP) is 8.20. The summed E-state index contributed by atoms with van der Waals surface area (Å²) in [5.41, 5.74) is 4.26. The molecule has 0 bridgehead atoms. The van der Waals surface area contributed by atoms with E-state index in [1.807, 2.05) is 72.8 Å². The maximum atomic E-state index is 15.4. The summed E-state index contributed by atoms with van der Waals surface area (Å²) in [5.74, 6) is 0. The van der Waals surface area contributed by atoms with Crippen molar-refractivity contribution >= 4 is 69.6 Å². The maximum Gasteiger partial charge on any atom is 0.173 e. The van der Waals surface area contributed by atoms with E-state index in [0.29, 0.717) is 0 Å². The van der Waals surface area contributed by atoms with Gasteiger partial charge >= 0.3 is 0 Å². The van der Waals surface area contributed by atoms with Gasteiger partial charge in [-0.1, -0.05) is 110 Å². The molecule has 0 saturated heterocycles. The molecule has 6 aromatic rings. The zero-order chi connectivity index (χ0) is 30.6. The van der Waals surface area contributed by atoms with Crippen LogP contribution in [0.3, 0.4) is 0 Å². The molecule has 2 heterocycles. The first-order chi connectivity index (χ1) is 21.8. The van der Waals surface area contributed by atoms with Crippen molar-refractivity contribution in [3.05, 3.63) is 145 Å². The standard InChI is InChI=1S/C39H28O2P2S2/c1-39(2)29-23-25(42(40)31-11-3-7-15-35(31)44-36-16-8-4-12-32(36)42)19-21-27(29)28-22-20-26(24-30(28)39)43(41)33-13-5-9-17-37(33)45-38-18-10-6-14-34(38)43/h3-24H,1-2H3. The second-order valence-corrected chi connectivity index (χ2v) is 19.9. The molecule has 0 amide bonds. The largest absolute Gasteiger partial charge is 0.309 e. The fourth-order valence-electron chi connectivity index (χ4n) is 7.37. The van der Waals surface area contributed by atoms with E-state index in [1.165, 1.54) is 0 Å². The van der Waals surface area contributed by atoms with E-state index in [2.05, 4.69) is 74.5 Å². The first kappa shape index (κ1) is 27.8. The number of hydrogen-bond acceptors (Lipinski definition) is 4. The molecule has 0 unspecified atom stereocenters. The molecule has 0 saturated carbocycles. The Morgan fingerprint density at radius 1 is 0.444 bits per heavy atom. The lowest BCUT2D eigenvalue weighted by molar-refractivity contribution is 0.591. The van der Waals surface area contributed by atoms with E-state index in [9.17, 15) is 0 Å². The van der Waals surface area contributed by atoms with Crippen LogP contribution in [0.15, 0.2) is 153 Å². The molecular formula is C39H28O2P2S2. The average Bonchev–Trinajstić information content (AvgIpc) is 3.30. The van der Waals surface area contributed by atoms with Gasteiger partial charge in [-0.2, -0.15) is 0 Å². The van der Waals surface area contributed by atoms with Crippen LogP contribution in [0, 0.1) is 0 Å². The van der Waals surface area contributed by atoms with Crippen molar-refractivity contribution in [1.29, 1.82) is 0 Å². The van der Waals surface area contributed by atoms with Crippen molar-refractivity contribution in [2.24, 2.45) is 0 Å². The van der Waals surface area contributed by atoms with Crippen LogP contribution in [0.5, 0.6) is 0 Å². The van der Waals surface area contributed by atoms with Crippen molar-refractivity contribution in [3.8, 4) is 11.1 Å². The van der Waals surface area contributed by atoms with Gasteiger partial charge in [0.15, 0.2) is 14.3 Å². The highest BCUT2D eigenvalue weighted by molar-refractivity contribution is 8.03. The van der Waals surface area contributed by atoms with Crippen molar-refractivity contribution in [2.75, 3.05) is 0 Å². The molecule has 0 atom stereocenters. The third-order valence-electron chi connectivity index (χ3n) is 9.63. The normalized spacial score (nSPS) is 17.2. The summed E-state index contributed by atoms with van der Waals surface area (Å²) in [6.07, 6.45) is 0. The minimum absolute atomic E-state index is 0.373. The van der Waals surface area contributed by atoms with Crippen LogP contribution in [-0.4, -0.2) is 0 Å². The first-order valence-corrected chi connectivity index (χ1v) is 20.1. The molecule has 2 aliphatic heterocycles. The molecule has 6 aromatic carbocycles. The molecule has 0 spiro atoms. The highest BCUT2D eigenvalue weighted by Gasteiger charge is 2.43. The topological polar surface area (TPSA) is 34.1 Å². The van der Waals surface area contributed by atoms with Gasteiger partial charge in [-0.05, 0) is 82.9 Å². The SMILES string of the molecule is CC1(C)c2cc(P3(=O)c4ccccc4Sc4ccccc43)ccc2-c2ccc(P3(=O)c4ccccc4Sc4ccccc43)cc21. The summed E-state index contributed by atoms with van der Waals surface area (Å²) in [4.78, 5) is 4.23. The third-order valence-corrected chi connectivity index (χ3v) is 18.8. The van der Waals surface area contributed by atoms with E-state index in [4.69, 9.17) is 0 Å².